The zero-order valence-electron chi connectivity index (χ0n) is 11.8. The van der Waals surface area contributed by atoms with E-state index in [0.717, 1.165) is 25.2 Å². The van der Waals surface area contributed by atoms with Crippen molar-refractivity contribution >= 4 is 11.6 Å². The van der Waals surface area contributed by atoms with Crippen molar-refractivity contribution in [1.82, 2.24) is 4.90 Å². The fraction of sp³-hybridized carbons (Fsp3) is 0.467. The van der Waals surface area contributed by atoms with Crippen molar-refractivity contribution in [3.63, 3.8) is 0 Å². The number of likely N-dealkylation sites (N-methyl/N-ethyl adjacent to an activating group) is 1. The number of nitrogens with zero attached hydrogens (tertiary/aromatic N) is 2. The van der Waals surface area contributed by atoms with Gasteiger partial charge in [0.1, 0.15) is 0 Å². The van der Waals surface area contributed by atoms with Gasteiger partial charge >= 0.3 is 0 Å². The molecule has 0 saturated heterocycles. The lowest BCUT2D eigenvalue weighted by Gasteiger charge is -2.26. The average Bonchev–Trinajstić information content (AvgIpc) is 2.44. The second kappa shape index (κ2) is 7.55. The zero-order valence-corrected chi connectivity index (χ0v) is 11.8. The lowest BCUT2D eigenvalue weighted by molar-refractivity contribution is -0.120. The topological polar surface area (TPSA) is 56.1 Å². The van der Waals surface area contributed by atoms with Crippen LogP contribution in [0.4, 0.5) is 5.69 Å². The van der Waals surface area contributed by atoms with E-state index in [4.69, 9.17) is 5.26 Å². The van der Waals surface area contributed by atoms with Crippen molar-refractivity contribution < 1.29 is 4.79 Å². The molecule has 19 heavy (non-hydrogen) atoms. The molecule has 1 unspecified atom stereocenters. The lowest BCUT2D eigenvalue weighted by Crippen LogP contribution is -2.42. The van der Waals surface area contributed by atoms with Gasteiger partial charge in [0, 0.05) is 5.69 Å². The maximum absolute atomic E-state index is 12.1. The van der Waals surface area contributed by atoms with Crippen LogP contribution in [-0.4, -0.2) is 29.9 Å². The van der Waals surface area contributed by atoms with Gasteiger partial charge in [-0.2, -0.15) is 5.26 Å². The molecule has 1 aromatic rings. The van der Waals surface area contributed by atoms with Crippen molar-refractivity contribution in [2.24, 2.45) is 0 Å². The number of hydrogen-bond donors (Lipinski definition) is 1. The first kappa shape index (κ1) is 15.2. The summed E-state index contributed by atoms with van der Waals surface area (Å²) in [6.45, 7) is 7.85. The average molecular weight is 259 g/mol. The molecule has 1 amide bonds. The summed E-state index contributed by atoms with van der Waals surface area (Å²) in [6.07, 6.45) is 1.03. The predicted octanol–water partition coefficient (Wildman–Crippen LogP) is 2.62. The molecule has 4 nitrogen and oxygen atoms in total. The molecule has 102 valence electrons. The fourth-order valence-corrected chi connectivity index (χ4v) is 1.95. The van der Waals surface area contributed by atoms with Crippen LogP contribution in [-0.2, 0) is 4.79 Å². The normalized spacial score (nSPS) is 11.9. The molecular weight excluding hydrogens is 238 g/mol. The van der Waals surface area contributed by atoms with Crippen molar-refractivity contribution in [2.75, 3.05) is 18.4 Å². The molecule has 1 aromatic carbocycles. The van der Waals surface area contributed by atoms with Gasteiger partial charge in [-0.25, -0.2) is 0 Å². The molecular formula is C15H21N3O. The summed E-state index contributed by atoms with van der Waals surface area (Å²) in [4.78, 5) is 14.3. The quantitative estimate of drug-likeness (QED) is 0.854. The highest BCUT2D eigenvalue weighted by atomic mass is 16.2. The summed E-state index contributed by atoms with van der Waals surface area (Å²) >= 11 is 0. The molecule has 1 N–H and O–H groups in total. The molecule has 0 heterocycles. The Morgan fingerprint density at radius 3 is 2.47 bits per heavy atom. The van der Waals surface area contributed by atoms with Crippen molar-refractivity contribution in [3.8, 4) is 6.07 Å². The Hall–Kier alpha value is -1.86. The van der Waals surface area contributed by atoms with Gasteiger partial charge in [0.25, 0.3) is 0 Å². The van der Waals surface area contributed by atoms with Crippen LogP contribution < -0.4 is 5.32 Å². The molecule has 1 rings (SSSR count). The Kier molecular flexibility index (Phi) is 6.04. The van der Waals surface area contributed by atoms with Crippen LogP contribution in [0.5, 0.6) is 0 Å². The molecule has 0 aromatic heterocycles. The van der Waals surface area contributed by atoms with Crippen LogP contribution >= 0.6 is 0 Å². The van der Waals surface area contributed by atoms with E-state index in [1.165, 1.54) is 0 Å². The van der Waals surface area contributed by atoms with E-state index in [1.807, 2.05) is 6.92 Å². The smallest absolute Gasteiger partial charge is 0.241 e. The number of benzene rings is 1. The van der Waals surface area contributed by atoms with Crippen LogP contribution in [0.15, 0.2) is 24.3 Å². The Morgan fingerprint density at radius 2 is 2.00 bits per heavy atom. The first-order valence-electron chi connectivity index (χ1n) is 6.67. The standard InChI is InChI=1S/C15H21N3O/c1-4-10-18(5-2)12(3)15(19)17-14-8-6-13(11-16)7-9-14/h6-9,12H,4-5,10H2,1-3H3,(H,17,19). The van der Waals surface area contributed by atoms with E-state index < -0.39 is 0 Å². The van der Waals surface area contributed by atoms with E-state index in [9.17, 15) is 4.79 Å². The summed E-state index contributed by atoms with van der Waals surface area (Å²) in [7, 11) is 0. The maximum atomic E-state index is 12.1. The molecule has 0 fully saturated rings. The molecule has 1 atom stereocenters. The van der Waals surface area contributed by atoms with Gasteiger partial charge in [0.2, 0.25) is 5.91 Å². The van der Waals surface area contributed by atoms with Gasteiger partial charge in [-0.15, -0.1) is 0 Å². The molecule has 4 heteroatoms. The highest BCUT2D eigenvalue weighted by molar-refractivity contribution is 5.94. The highest BCUT2D eigenvalue weighted by Gasteiger charge is 2.19. The van der Waals surface area contributed by atoms with E-state index in [-0.39, 0.29) is 11.9 Å². The molecule has 0 aliphatic rings. The van der Waals surface area contributed by atoms with Crippen molar-refractivity contribution in [3.05, 3.63) is 29.8 Å². The summed E-state index contributed by atoms with van der Waals surface area (Å²) in [5.74, 6) is -0.0139. The highest BCUT2D eigenvalue weighted by Crippen LogP contribution is 2.10. The molecule has 0 spiro atoms. The Labute approximate surface area is 115 Å². The SMILES string of the molecule is CCCN(CC)C(C)C(=O)Nc1ccc(C#N)cc1. The van der Waals surface area contributed by atoms with Crippen LogP contribution in [0.3, 0.4) is 0 Å². The Bertz CT molecular complexity index is 447. The van der Waals surface area contributed by atoms with Gasteiger partial charge in [-0.3, -0.25) is 9.69 Å². The number of rotatable bonds is 6. The number of carbonyl (C=O) groups is 1. The number of nitrogens with one attached hydrogen (secondary N) is 1. The molecule has 0 aliphatic heterocycles. The van der Waals surface area contributed by atoms with Crippen LogP contribution in [0, 0.1) is 11.3 Å². The third kappa shape index (κ3) is 4.38. The minimum absolute atomic E-state index is 0.0139. The van der Waals surface area contributed by atoms with Gasteiger partial charge in [0.05, 0.1) is 17.7 Å². The maximum Gasteiger partial charge on any atom is 0.241 e. The monoisotopic (exact) mass is 259 g/mol. The van der Waals surface area contributed by atoms with Crippen LogP contribution in [0.25, 0.3) is 0 Å². The summed E-state index contributed by atoms with van der Waals surface area (Å²) in [6, 6.07) is 8.80. The fourth-order valence-electron chi connectivity index (χ4n) is 1.95. The summed E-state index contributed by atoms with van der Waals surface area (Å²) < 4.78 is 0. The van der Waals surface area contributed by atoms with Gasteiger partial charge in [0.15, 0.2) is 0 Å². The van der Waals surface area contributed by atoms with Crippen molar-refractivity contribution in [1.29, 1.82) is 5.26 Å². The second-order valence-electron chi connectivity index (χ2n) is 4.48. The number of anilines is 1. The zero-order chi connectivity index (χ0) is 14.3. The lowest BCUT2D eigenvalue weighted by atomic mass is 10.2. The number of carbonyl (C=O) groups excluding carboxylic acids is 1. The van der Waals surface area contributed by atoms with Crippen LogP contribution in [0.2, 0.25) is 0 Å². The largest absolute Gasteiger partial charge is 0.325 e. The summed E-state index contributed by atoms with van der Waals surface area (Å²) in [5.41, 5.74) is 1.32. The minimum Gasteiger partial charge on any atom is -0.325 e. The van der Waals surface area contributed by atoms with Gasteiger partial charge in [-0.1, -0.05) is 13.8 Å². The minimum atomic E-state index is -0.152. The molecule has 0 saturated carbocycles. The van der Waals surface area contributed by atoms with E-state index in [0.29, 0.717) is 5.56 Å². The van der Waals surface area contributed by atoms with Crippen LogP contribution in [0.1, 0.15) is 32.8 Å². The molecule has 0 radical (unpaired) electrons. The third-order valence-electron chi connectivity index (χ3n) is 3.13. The first-order valence-corrected chi connectivity index (χ1v) is 6.67. The molecule has 0 aliphatic carbocycles. The number of amides is 1. The Balaban J connectivity index is 2.64. The van der Waals surface area contributed by atoms with E-state index >= 15 is 0 Å². The molecule has 0 bridgehead atoms. The number of hydrogen-bond acceptors (Lipinski definition) is 3. The van der Waals surface area contributed by atoms with Gasteiger partial charge in [-0.05, 0) is 50.7 Å². The first-order chi connectivity index (χ1) is 9.12. The number of nitriles is 1. The third-order valence-corrected chi connectivity index (χ3v) is 3.13. The second-order valence-corrected chi connectivity index (χ2v) is 4.48. The summed E-state index contributed by atoms with van der Waals surface area (Å²) in [5, 5.41) is 11.6. The van der Waals surface area contributed by atoms with E-state index in [1.54, 1.807) is 24.3 Å². The van der Waals surface area contributed by atoms with Gasteiger partial charge < -0.3 is 5.32 Å². The predicted molar refractivity (Wildman–Crippen MR) is 76.8 cm³/mol. The van der Waals surface area contributed by atoms with E-state index in [2.05, 4.69) is 30.1 Å². The Morgan fingerprint density at radius 1 is 1.37 bits per heavy atom. The van der Waals surface area contributed by atoms with Crippen molar-refractivity contribution in [2.45, 2.75) is 33.2 Å².